The number of halogens is 1. The SMILES string of the molecule is CCOCC(C)Oc1ccc(C(C)NC)c(Br)c1. The molecule has 0 radical (unpaired) electrons. The van der Waals surface area contributed by atoms with Gasteiger partial charge in [0.15, 0.2) is 0 Å². The van der Waals surface area contributed by atoms with Gasteiger partial charge in [-0.25, -0.2) is 0 Å². The molecule has 1 aromatic rings. The zero-order valence-corrected chi connectivity index (χ0v) is 13.1. The first-order valence-corrected chi connectivity index (χ1v) is 7.08. The number of ether oxygens (including phenoxy) is 2. The predicted octanol–water partition coefficient (Wildman–Crippen LogP) is 3.53. The average Bonchev–Trinajstić information content (AvgIpc) is 2.35. The van der Waals surface area contributed by atoms with Gasteiger partial charge < -0.3 is 14.8 Å². The summed E-state index contributed by atoms with van der Waals surface area (Å²) in [5.74, 6) is 0.862. The van der Waals surface area contributed by atoms with Gasteiger partial charge in [-0.1, -0.05) is 22.0 Å². The number of hydrogen-bond donors (Lipinski definition) is 1. The fourth-order valence-corrected chi connectivity index (χ4v) is 2.34. The van der Waals surface area contributed by atoms with Crippen molar-refractivity contribution in [2.45, 2.75) is 32.9 Å². The monoisotopic (exact) mass is 315 g/mol. The topological polar surface area (TPSA) is 30.5 Å². The molecule has 0 saturated carbocycles. The highest BCUT2D eigenvalue weighted by Gasteiger charge is 2.10. The van der Waals surface area contributed by atoms with E-state index in [1.54, 1.807) is 0 Å². The molecule has 0 bridgehead atoms. The molecule has 0 fully saturated rings. The molecule has 1 rings (SSSR count). The van der Waals surface area contributed by atoms with Crippen molar-refractivity contribution in [1.82, 2.24) is 5.32 Å². The highest BCUT2D eigenvalue weighted by atomic mass is 79.9. The van der Waals surface area contributed by atoms with E-state index in [2.05, 4.69) is 34.2 Å². The molecule has 1 aromatic carbocycles. The van der Waals surface area contributed by atoms with Crippen LogP contribution in [0.3, 0.4) is 0 Å². The Kier molecular flexibility index (Phi) is 6.68. The molecule has 2 atom stereocenters. The first kappa shape index (κ1) is 15.5. The van der Waals surface area contributed by atoms with Gasteiger partial charge in [-0.05, 0) is 45.5 Å². The lowest BCUT2D eigenvalue weighted by molar-refractivity contribution is 0.0657. The van der Waals surface area contributed by atoms with Crippen LogP contribution in [0.4, 0.5) is 0 Å². The number of rotatable bonds is 7. The summed E-state index contributed by atoms with van der Waals surface area (Å²) in [6.07, 6.45) is 0.0597. The summed E-state index contributed by atoms with van der Waals surface area (Å²) in [5, 5.41) is 3.22. The van der Waals surface area contributed by atoms with Gasteiger partial charge in [-0.3, -0.25) is 0 Å². The smallest absolute Gasteiger partial charge is 0.120 e. The molecule has 0 amide bonds. The highest BCUT2D eigenvalue weighted by molar-refractivity contribution is 9.10. The Hall–Kier alpha value is -0.580. The largest absolute Gasteiger partial charge is 0.488 e. The molecule has 0 heterocycles. The zero-order chi connectivity index (χ0) is 13.5. The van der Waals surface area contributed by atoms with E-state index < -0.39 is 0 Å². The standard InChI is InChI=1S/C14H22BrNO2/c1-5-17-9-10(2)18-12-6-7-13(11(3)16-4)14(15)8-12/h6-8,10-11,16H,5,9H2,1-4H3. The lowest BCUT2D eigenvalue weighted by atomic mass is 10.1. The van der Waals surface area contributed by atoms with Crippen LogP contribution in [0.25, 0.3) is 0 Å². The third-order valence-corrected chi connectivity index (χ3v) is 3.45. The molecular formula is C14H22BrNO2. The summed E-state index contributed by atoms with van der Waals surface area (Å²) < 4.78 is 12.2. The van der Waals surface area contributed by atoms with Crippen molar-refractivity contribution in [2.24, 2.45) is 0 Å². The molecule has 4 heteroatoms. The van der Waals surface area contributed by atoms with Crippen LogP contribution in [0.1, 0.15) is 32.4 Å². The normalized spacial score (nSPS) is 14.3. The fraction of sp³-hybridized carbons (Fsp3) is 0.571. The minimum absolute atomic E-state index is 0.0597. The van der Waals surface area contributed by atoms with E-state index in [0.717, 1.165) is 16.8 Å². The Morgan fingerprint density at radius 1 is 1.33 bits per heavy atom. The van der Waals surface area contributed by atoms with Crippen LogP contribution in [-0.2, 0) is 4.74 Å². The van der Waals surface area contributed by atoms with E-state index in [-0.39, 0.29) is 6.10 Å². The molecule has 3 nitrogen and oxygen atoms in total. The van der Waals surface area contributed by atoms with Gasteiger partial charge in [0, 0.05) is 17.1 Å². The van der Waals surface area contributed by atoms with Gasteiger partial charge in [0.05, 0.1) is 6.61 Å². The van der Waals surface area contributed by atoms with Crippen LogP contribution < -0.4 is 10.1 Å². The van der Waals surface area contributed by atoms with Crippen molar-refractivity contribution in [2.75, 3.05) is 20.3 Å². The van der Waals surface area contributed by atoms with Crippen LogP contribution in [0, 0.1) is 0 Å². The molecular weight excluding hydrogens is 294 g/mol. The predicted molar refractivity (Wildman–Crippen MR) is 78.2 cm³/mol. The first-order chi connectivity index (χ1) is 8.58. The minimum Gasteiger partial charge on any atom is -0.488 e. The summed E-state index contributed by atoms with van der Waals surface area (Å²) in [5.41, 5.74) is 1.22. The van der Waals surface area contributed by atoms with Crippen molar-refractivity contribution < 1.29 is 9.47 Å². The fourth-order valence-electron chi connectivity index (χ4n) is 1.64. The summed E-state index contributed by atoms with van der Waals surface area (Å²) in [4.78, 5) is 0. The van der Waals surface area contributed by atoms with Crippen molar-refractivity contribution in [1.29, 1.82) is 0 Å². The lowest BCUT2D eigenvalue weighted by Crippen LogP contribution is -2.19. The summed E-state index contributed by atoms with van der Waals surface area (Å²) in [6.45, 7) is 7.45. The molecule has 1 N–H and O–H groups in total. The third-order valence-electron chi connectivity index (χ3n) is 2.77. The van der Waals surface area contributed by atoms with E-state index in [1.165, 1.54) is 5.56 Å². The molecule has 18 heavy (non-hydrogen) atoms. The van der Waals surface area contributed by atoms with Gasteiger partial charge in [0.25, 0.3) is 0 Å². The number of nitrogens with one attached hydrogen (secondary N) is 1. The van der Waals surface area contributed by atoms with Crippen LogP contribution in [0.2, 0.25) is 0 Å². The van der Waals surface area contributed by atoms with Crippen molar-refractivity contribution >= 4 is 15.9 Å². The minimum atomic E-state index is 0.0597. The van der Waals surface area contributed by atoms with E-state index in [0.29, 0.717) is 12.6 Å². The Labute approximate surface area is 118 Å². The van der Waals surface area contributed by atoms with Gasteiger partial charge in [0.2, 0.25) is 0 Å². The number of hydrogen-bond acceptors (Lipinski definition) is 3. The molecule has 0 spiro atoms. The van der Waals surface area contributed by atoms with Crippen LogP contribution in [0.15, 0.2) is 22.7 Å². The molecule has 0 aliphatic heterocycles. The quantitative estimate of drug-likeness (QED) is 0.835. The van der Waals surface area contributed by atoms with Crippen molar-refractivity contribution in [3.8, 4) is 5.75 Å². The van der Waals surface area contributed by atoms with Crippen molar-refractivity contribution in [3.05, 3.63) is 28.2 Å². The first-order valence-electron chi connectivity index (χ1n) is 6.29. The zero-order valence-electron chi connectivity index (χ0n) is 11.5. The maximum absolute atomic E-state index is 5.79. The Morgan fingerprint density at radius 2 is 2.06 bits per heavy atom. The molecule has 0 aliphatic carbocycles. The molecule has 0 saturated heterocycles. The second-order valence-corrected chi connectivity index (χ2v) is 5.14. The molecule has 0 aliphatic rings. The summed E-state index contributed by atoms with van der Waals surface area (Å²) in [7, 11) is 1.95. The van der Waals surface area contributed by atoms with E-state index in [4.69, 9.17) is 9.47 Å². The Balaban J connectivity index is 2.66. The average molecular weight is 316 g/mol. The highest BCUT2D eigenvalue weighted by Crippen LogP contribution is 2.28. The molecule has 2 unspecified atom stereocenters. The number of benzene rings is 1. The Bertz CT molecular complexity index is 371. The van der Waals surface area contributed by atoms with E-state index in [9.17, 15) is 0 Å². The van der Waals surface area contributed by atoms with Gasteiger partial charge in [-0.15, -0.1) is 0 Å². The van der Waals surface area contributed by atoms with Crippen LogP contribution >= 0.6 is 15.9 Å². The van der Waals surface area contributed by atoms with Crippen LogP contribution in [0.5, 0.6) is 5.75 Å². The maximum atomic E-state index is 5.79. The second kappa shape index (κ2) is 7.77. The van der Waals surface area contributed by atoms with Gasteiger partial charge in [0.1, 0.15) is 11.9 Å². The second-order valence-electron chi connectivity index (χ2n) is 4.28. The molecule has 102 valence electrons. The third kappa shape index (κ3) is 4.59. The van der Waals surface area contributed by atoms with E-state index in [1.807, 2.05) is 33.0 Å². The van der Waals surface area contributed by atoms with Gasteiger partial charge in [-0.2, -0.15) is 0 Å². The van der Waals surface area contributed by atoms with E-state index >= 15 is 0 Å². The van der Waals surface area contributed by atoms with Crippen LogP contribution in [-0.4, -0.2) is 26.4 Å². The van der Waals surface area contributed by atoms with Crippen molar-refractivity contribution in [3.63, 3.8) is 0 Å². The Morgan fingerprint density at radius 3 is 2.61 bits per heavy atom. The molecule has 0 aromatic heterocycles. The maximum Gasteiger partial charge on any atom is 0.120 e. The summed E-state index contributed by atoms with van der Waals surface area (Å²) >= 11 is 3.58. The lowest BCUT2D eigenvalue weighted by Gasteiger charge is -2.17. The summed E-state index contributed by atoms with van der Waals surface area (Å²) in [6, 6.07) is 6.39. The van der Waals surface area contributed by atoms with Gasteiger partial charge >= 0.3 is 0 Å².